The molecule has 1 amide bonds. The molecule has 0 saturated heterocycles. The maximum atomic E-state index is 12.4. The molecule has 0 saturated carbocycles. The summed E-state index contributed by atoms with van der Waals surface area (Å²) >= 11 is 0. The number of aromatic nitrogens is 1. The highest BCUT2D eigenvalue weighted by Gasteiger charge is 2.13. The lowest BCUT2D eigenvalue weighted by Gasteiger charge is -2.09. The number of nitrogens with zero attached hydrogens (tertiary/aromatic N) is 2. The third-order valence-corrected chi connectivity index (χ3v) is 4.43. The van der Waals surface area contributed by atoms with Crippen LogP contribution in [0.15, 0.2) is 51.8 Å². The van der Waals surface area contributed by atoms with Crippen LogP contribution in [0.5, 0.6) is 0 Å². The largest absolute Gasteiger partial charge is 0.368 e. The molecule has 0 radical (unpaired) electrons. The fourth-order valence-corrected chi connectivity index (χ4v) is 2.95. The van der Waals surface area contributed by atoms with Gasteiger partial charge in [-0.15, -0.1) is 4.40 Å². The van der Waals surface area contributed by atoms with E-state index in [9.17, 15) is 13.2 Å². The zero-order valence-electron chi connectivity index (χ0n) is 12.4. The van der Waals surface area contributed by atoms with Crippen molar-refractivity contribution in [2.45, 2.75) is 25.3 Å². The molecule has 2 aromatic rings. The average Bonchev–Trinajstić information content (AvgIpc) is 2.42. The number of carbonyl (C=O) groups excluding carboxylic acids is 1. The Bertz CT molecular complexity index is 866. The first-order chi connectivity index (χ1) is 10.3. The summed E-state index contributed by atoms with van der Waals surface area (Å²) < 4.78 is 30.0. The molecule has 22 heavy (non-hydrogen) atoms. The van der Waals surface area contributed by atoms with Crippen molar-refractivity contribution in [1.29, 1.82) is 0 Å². The first-order valence-corrected chi connectivity index (χ1v) is 8.06. The van der Waals surface area contributed by atoms with Gasteiger partial charge < -0.3 is 10.3 Å². The van der Waals surface area contributed by atoms with Crippen molar-refractivity contribution in [2.24, 2.45) is 10.1 Å². The number of aryl methyl sites for hydroxylation is 2. The zero-order valence-corrected chi connectivity index (χ0v) is 13.2. The lowest BCUT2D eigenvalue weighted by molar-refractivity contribution is -0.118. The Labute approximate surface area is 129 Å². The third-order valence-electron chi connectivity index (χ3n) is 3.13. The average molecular weight is 319 g/mol. The molecule has 0 aliphatic carbocycles. The highest BCUT2D eigenvalue weighted by molar-refractivity contribution is 7.90. The quantitative estimate of drug-likeness (QED) is 0.906. The van der Waals surface area contributed by atoms with Crippen LogP contribution in [0.2, 0.25) is 0 Å². The topological polar surface area (TPSA) is 94.5 Å². The molecule has 2 rings (SSSR count). The Hall–Kier alpha value is -2.41. The number of benzene rings is 1. The number of primary amides is 1. The van der Waals surface area contributed by atoms with Gasteiger partial charge in [0.15, 0.2) is 0 Å². The highest BCUT2D eigenvalue weighted by atomic mass is 32.2. The van der Waals surface area contributed by atoms with Gasteiger partial charge >= 0.3 is 0 Å². The van der Waals surface area contributed by atoms with Gasteiger partial charge in [0.2, 0.25) is 5.91 Å². The number of pyridine rings is 1. The Kier molecular flexibility index (Phi) is 4.46. The summed E-state index contributed by atoms with van der Waals surface area (Å²) in [6.45, 7) is 3.49. The normalized spacial score (nSPS) is 12.4. The van der Waals surface area contributed by atoms with Crippen LogP contribution in [0, 0.1) is 13.8 Å². The van der Waals surface area contributed by atoms with Crippen molar-refractivity contribution in [2.75, 3.05) is 0 Å². The van der Waals surface area contributed by atoms with Crippen LogP contribution >= 0.6 is 0 Å². The summed E-state index contributed by atoms with van der Waals surface area (Å²) in [5.74, 6) is -0.566. The number of hydrogen-bond donors (Lipinski definition) is 1. The van der Waals surface area contributed by atoms with Crippen molar-refractivity contribution >= 4 is 15.9 Å². The van der Waals surface area contributed by atoms with Crippen LogP contribution < -0.4 is 11.2 Å². The molecule has 0 spiro atoms. The zero-order chi connectivity index (χ0) is 16.3. The van der Waals surface area contributed by atoms with E-state index in [0.29, 0.717) is 5.69 Å². The number of rotatable bonds is 4. The fourth-order valence-electron chi connectivity index (χ4n) is 1.96. The molecule has 0 aliphatic heterocycles. The van der Waals surface area contributed by atoms with Crippen LogP contribution in [-0.2, 0) is 21.4 Å². The van der Waals surface area contributed by atoms with E-state index in [1.165, 1.54) is 22.8 Å². The molecule has 0 atom stereocenters. The fraction of sp³-hybridized carbons (Fsp3) is 0.200. The number of amides is 1. The Morgan fingerprint density at radius 2 is 1.77 bits per heavy atom. The number of nitrogens with two attached hydrogens (primary N) is 1. The van der Waals surface area contributed by atoms with E-state index in [4.69, 9.17) is 5.73 Å². The van der Waals surface area contributed by atoms with Crippen molar-refractivity contribution in [3.05, 3.63) is 59.2 Å². The van der Waals surface area contributed by atoms with Crippen LogP contribution in [0.4, 0.5) is 0 Å². The minimum atomic E-state index is -3.85. The van der Waals surface area contributed by atoms with Crippen LogP contribution in [0.25, 0.3) is 0 Å². The second-order valence-corrected chi connectivity index (χ2v) is 6.56. The highest BCUT2D eigenvalue weighted by Crippen LogP contribution is 2.12. The van der Waals surface area contributed by atoms with Crippen molar-refractivity contribution in [3.8, 4) is 0 Å². The molecule has 6 nitrogen and oxygen atoms in total. The SMILES string of the molecule is Cc1ccc(S(=O)(=O)/N=c2\cccc(C)n2CC(N)=O)cc1. The van der Waals surface area contributed by atoms with Crippen molar-refractivity contribution in [3.63, 3.8) is 0 Å². The van der Waals surface area contributed by atoms with E-state index in [1.54, 1.807) is 31.2 Å². The van der Waals surface area contributed by atoms with Crippen LogP contribution in [0.3, 0.4) is 0 Å². The molecular weight excluding hydrogens is 302 g/mol. The smallest absolute Gasteiger partial charge is 0.284 e. The molecule has 0 aliphatic rings. The first-order valence-electron chi connectivity index (χ1n) is 6.62. The van der Waals surface area contributed by atoms with Gasteiger partial charge in [-0.25, -0.2) is 0 Å². The minimum absolute atomic E-state index is 0.102. The second kappa shape index (κ2) is 6.15. The van der Waals surface area contributed by atoms with Gasteiger partial charge in [-0.3, -0.25) is 4.79 Å². The summed E-state index contributed by atoms with van der Waals surface area (Å²) in [5, 5.41) is 0. The maximum absolute atomic E-state index is 12.4. The molecule has 7 heteroatoms. The summed E-state index contributed by atoms with van der Waals surface area (Å²) in [7, 11) is -3.85. The Morgan fingerprint density at radius 1 is 1.14 bits per heavy atom. The van der Waals surface area contributed by atoms with E-state index < -0.39 is 15.9 Å². The Morgan fingerprint density at radius 3 is 2.36 bits per heavy atom. The summed E-state index contributed by atoms with van der Waals surface area (Å²) in [6.07, 6.45) is 0. The molecular formula is C15H17N3O3S. The first kappa shape index (κ1) is 16.0. The lowest BCUT2D eigenvalue weighted by Crippen LogP contribution is -2.30. The van der Waals surface area contributed by atoms with Gasteiger partial charge in [-0.05, 0) is 38.1 Å². The van der Waals surface area contributed by atoms with Gasteiger partial charge in [-0.2, -0.15) is 8.42 Å². The van der Waals surface area contributed by atoms with Crippen molar-refractivity contribution < 1.29 is 13.2 Å². The molecule has 0 fully saturated rings. The van der Waals surface area contributed by atoms with Crippen LogP contribution in [0.1, 0.15) is 11.3 Å². The molecule has 1 heterocycles. The maximum Gasteiger partial charge on any atom is 0.284 e. The van der Waals surface area contributed by atoms with E-state index in [-0.39, 0.29) is 16.9 Å². The van der Waals surface area contributed by atoms with E-state index >= 15 is 0 Å². The van der Waals surface area contributed by atoms with Crippen molar-refractivity contribution in [1.82, 2.24) is 4.57 Å². The van der Waals surface area contributed by atoms with Gasteiger partial charge in [-0.1, -0.05) is 23.8 Å². The Balaban J connectivity index is 2.59. The molecule has 1 aromatic heterocycles. The summed E-state index contributed by atoms with van der Waals surface area (Å²) in [6, 6.07) is 11.4. The van der Waals surface area contributed by atoms with Gasteiger partial charge in [0, 0.05) is 5.69 Å². The number of sulfonamides is 1. The van der Waals surface area contributed by atoms with Gasteiger partial charge in [0.25, 0.3) is 10.0 Å². The molecule has 116 valence electrons. The standard InChI is InChI=1S/C15H17N3O3S/c1-11-6-8-13(9-7-11)22(20,21)17-15-5-3-4-12(2)18(15)10-14(16)19/h3-9H,10H2,1-2H3,(H2,16,19)/b17-15+. The summed E-state index contributed by atoms with van der Waals surface area (Å²) in [4.78, 5) is 11.3. The number of carbonyl (C=O) groups is 1. The van der Waals surface area contributed by atoms with E-state index in [1.807, 2.05) is 6.92 Å². The van der Waals surface area contributed by atoms with E-state index in [2.05, 4.69) is 4.40 Å². The van der Waals surface area contributed by atoms with Gasteiger partial charge in [0.1, 0.15) is 12.0 Å². The van der Waals surface area contributed by atoms with Crippen LogP contribution in [-0.4, -0.2) is 18.9 Å². The molecule has 0 bridgehead atoms. The molecule has 1 aromatic carbocycles. The second-order valence-electron chi connectivity index (χ2n) is 4.96. The molecule has 0 unspecified atom stereocenters. The lowest BCUT2D eigenvalue weighted by atomic mass is 10.2. The van der Waals surface area contributed by atoms with Gasteiger partial charge in [0.05, 0.1) is 4.90 Å². The predicted octanol–water partition coefficient (Wildman–Crippen LogP) is 0.880. The molecule has 2 N–H and O–H groups in total. The minimum Gasteiger partial charge on any atom is -0.368 e. The monoisotopic (exact) mass is 319 g/mol. The number of hydrogen-bond acceptors (Lipinski definition) is 3. The van der Waals surface area contributed by atoms with E-state index in [0.717, 1.165) is 5.56 Å². The third kappa shape index (κ3) is 3.62. The predicted molar refractivity (Wildman–Crippen MR) is 82.3 cm³/mol. The summed E-state index contributed by atoms with van der Waals surface area (Å²) in [5.41, 5.74) is 7.02.